The van der Waals surface area contributed by atoms with Gasteiger partial charge < -0.3 is 10.1 Å². The van der Waals surface area contributed by atoms with E-state index in [-0.39, 0.29) is 18.2 Å². The van der Waals surface area contributed by atoms with E-state index in [0.717, 1.165) is 25.0 Å². The normalized spacial score (nSPS) is 26.2. The molecule has 0 aromatic rings. The molecule has 0 radical (unpaired) electrons. The van der Waals surface area contributed by atoms with Crippen LogP contribution in [0.4, 0.5) is 4.79 Å². The third-order valence-corrected chi connectivity index (χ3v) is 4.11. The third-order valence-electron chi connectivity index (χ3n) is 4.11. The average molecular weight is 305 g/mol. The number of nitrogens with one attached hydrogen (secondary N) is 1. The Hall–Kier alpha value is -1.70. The third kappa shape index (κ3) is 4.16. The number of hydrogen-bond donors (Lipinski definition) is 1. The molecule has 3 atom stereocenters. The van der Waals surface area contributed by atoms with Crippen molar-refractivity contribution in [2.75, 3.05) is 6.54 Å². The maximum atomic E-state index is 12.4. The Labute approximate surface area is 133 Å². The van der Waals surface area contributed by atoms with Gasteiger partial charge >= 0.3 is 6.09 Å². The van der Waals surface area contributed by atoms with Crippen LogP contribution in [0.2, 0.25) is 0 Å². The molecular formula is C17H27N3O2. The molecule has 2 rings (SSSR count). The maximum Gasteiger partial charge on any atom is 0.410 e. The number of amides is 1. The highest BCUT2D eigenvalue weighted by Gasteiger charge is 2.39. The quantitative estimate of drug-likeness (QED) is 0.867. The van der Waals surface area contributed by atoms with Crippen molar-refractivity contribution in [3.05, 3.63) is 12.3 Å². The lowest BCUT2D eigenvalue weighted by Gasteiger charge is -2.30. The van der Waals surface area contributed by atoms with Crippen molar-refractivity contribution in [3.8, 4) is 6.07 Å². The van der Waals surface area contributed by atoms with E-state index in [2.05, 4.69) is 24.9 Å². The molecule has 1 unspecified atom stereocenters. The summed E-state index contributed by atoms with van der Waals surface area (Å²) < 4.78 is 5.49. The molecule has 1 saturated carbocycles. The van der Waals surface area contributed by atoms with Crippen LogP contribution in [0.3, 0.4) is 0 Å². The first-order chi connectivity index (χ1) is 10.2. The van der Waals surface area contributed by atoms with Gasteiger partial charge in [-0.15, -0.1) is 0 Å². The lowest BCUT2D eigenvalue weighted by molar-refractivity contribution is 0.0240. The van der Waals surface area contributed by atoms with Crippen LogP contribution in [0.5, 0.6) is 0 Å². The summed E-state index contributed by atoms with van der Waals surface area (Å²) in [5, 5.41) is 12.5. The standard InChI is InChI=1S/C17H27N3O2/c1-11-8-15(12(2)19-14(9-18)13-6-7-13)20(10-11)16(21)22-17(3,4)5/h11,13-15,19H,2,6-8,10H2,1,3-5H3/t11-,14?,15+/m1/s1. The summed E-state index contributed by atoms with van der Waals surface area (Å²) in [6, 6.07) is 2.02. The molecule has 1 amide bonds. The van der Waals surface area contributed by atoms with Gasteiger partial charge in [0.2, 0.25) is 0 Å². The highest BCUT2D eigenvalue weighted by atomic mass is 16.6. The smallest absolute Gasteiger partial charge is 0.410 e. The zero-order chi connectivity index (χ0) is 16.5. The first-order valence-electron chi connectivity index (χ1n) is 8.06. The first kappa shape index (κ1) is 16.7. The Bertz CT molecular complexity index is 485. The number of nitrogens with zero attached hydrogens (tertiary/aromatic N) is 2. The van der Waals surface area contributed by atoms with E-state index >= 15 is 0 Å². The highest BCUT2D eigenvalue weighted by Crippen LogP contribution is 2.34. The van der Waals surface area contributed by atoms with E-state index < -0.39 is 5.60 Å². The van der Waals surface area contributed by atoms with Crippen molar-refractivity contribution in [1.29, 1.82) is 5.26 Å². The monoisotopic (exact) mass is 305 g/mol. The summed E-state index contributed by atoms with van der Waals surface area (Å²) >= 11 is 0. The minimum atomic E-state index is -0.509. The molecule has 1 aliphatic carbocycles. The molecule has 1 heterocycles. The fraction of sp³-hybridized carbons (Fsp3) is 0.765. The maximum absolute atomic E-state index is 12.4. The van der Waals surface area contributed by atoms with Crippen molar-refractivity contribution in [1.82, 2.24) is 10.2 Å². The predicted octanol–water partition coefficient (Wildman–Crippen LogP) is 3.04. The van der Waals surface area contributed by atoms with Gasteiger partial charge in [0.15, 0.2) is 0 Å². The van der Waals surface area contributed by atoms with Crippen LogP contribution in [0.15, 0.2) is 12.3 Å². The van der Waals surface area contributed by atoms with Gasteiger partial charge in [-0.1, -0.05) is 13.5 Å². The molecule has 122 valence electrons. The zero-order valence-corrected chi connectivity index (χ0v) is 14.1. The Kier molecular flexibility index (Phi) is 4.69. The number of carbonyl (C=O) groups is 1. The number of likely N-dealkylation sites (tertiary alicyclic amines) is 1. The summed E-state index contributed by atoms with van der Waals surface area (Å²) in [5.41, 5.74) is 0.250. The van der Waals surface area contributed by atoms with Gasteiger partial charge in [0.05, 0.1) is 12.1 Å². The zero-order valence-electron chi connectivity index (χ0n) is 14.1. The minimum Gasteiger partial charge on any atom is -0.444 e. The molecule has 22 heavy (non-hydrogen) atoms. The van der Waals surface area contributed by atoms with Crippen LogP contribution in [0.1, 0.15) is 47.0 Å². The van der Waals surface area contributed by atoms with Gasteiger partial charge in [-0.25, -0.2) is 4.79 Å². The Morgan fingerprint density at radius 1 is 1.45 bits per heavy atom. The van der Waals surface area contributed by atoms with E-state index in [1.165, 1.54) is 0 Å². The number of rotatable bonds is 4. The van der Waals surface area contributed by atoms with Crippen LogP contribution in [0, 0.1) is 23.2 Å². The van der Waals surface area contributed by atoms with E-state index in [9.17, 15) is 10.1 Å². The molecule has 1 N–H and O–H groups in total. The molecule has 2 aliphatic rings. The van der Waals surface area contributed by atoms with Gasteiger partial charge in [-0.05, 0) is 51.9 Å². The second-order valence-corrected chi connectivity index (χ2v) is 7.60. The minimum absolute atomic E-state index is 0.0977. The van der Waals surface area contributed by atoms with E-state index in [4.69, 9.17) is 4.74 Å². The Morgan fingerprint density at radius 3 is 2.59 bits per heavy atom. The fourth-order valence-electron chi connectivity index (χ4n) is 2.88. The first-order valence-corrected chi connectivity index (χ1v) is 8.06. The summed E-state index contributed by atoms with van der Waals surface area (Å²) in [4.78, 5) is 14.1. The van der Waals surface area contributed by atoms with Gasteiger partial charge in [0.25, 0.3) is 0 Å². The predicted molar refractivity (Wildman–Crippen MR) is 84.9 cm³/mol. The van der Waals surface area contributed by atoms with Crippen molar-refractivity contribution >= 4 is 6.09 Å². The number of hydrogen-bond acceptors (Lipinski definition) is 4. The molecule has 5 nitrogen and oxygen atoms in total. The molecular weight excluding hydrogens is 278 g/mol. The molecule has 1 aliphatic heterocycles. The van der Waals surface area contributed by atoms with Crippen molar-refractivity contribution in [2.45, 2.75) is 64.6 Å². The van der Waals surface area contributed by atoms with Crippen LogP contribution >= 0.6 is 0 Å². The van der Waals surface area contributed by atoms with Gasteiger partial charge in [0, 0.05) is 12.2 Å². The second kappa shape index (κ2) is 6.20. The Morgan fingerprint density at radius 2 is 2.09 bits per heavy atom. The van der Waals surface area contributed by atoms with Crippen molar-refractivity contribution in [2.24, 2.45) is 11.8 Å². The number of nitriles is 1. The molecule has 0 aromatic heterocycles. The molecule has 0 bridgehead atoms. The van der Waals surface area contributed by atoms with Crippen LogP contribution in [-0.2, 0) is 4.74 Å². The van der Waals surface area contributed by atoms with Gasteiger partial charge in [-0.2, -0.15) is 5.26 Å². The number of ether oxygens (including phenoxy) is 1. The van der Waals surface area contributed by atoms with E-state index in [0.29, 0.717) is 18.4 Å². The van der Waals surface area contributed by atoms with Gasteiger partial charge in [0.1, 0.15) is 11.6 Å². The summed E-state index contributed by atoms with van der Waals surface area (Å²) in [5.74, 6) is 0.827. The topological polar surface area (TPSA) is 65.4 Å². The fourth-order valence-corrected chi connectivity index (χ4v) is 2.88. The highest BCUT2D eigenvalue weighted by molar-refractivity contribution is 5.69. The second-order valence-electron chi connectivity index (χ2n) is 7.60. The van der Waals surface area contributed by atoms with Crippen LogP contribution in [-0.4, -0.2) is 35.2 Å². The SMILES string of the molecule is C=C(NC(C#N)C1CC1)[C@@H]1C[C@@H](C)CN1C(=O)OC(C)(C)C. The van der Waals surface area contributed by atoms with Crippen molar-refractivity contribution < 1.29 is 9.53 Å². The van der Waals surface area contributed by atoms with Crippen molar-refractivity contribution in [3.63, 3.8) is 0 Å². The van der Waals surface area contributed by atoms with Gasteiger partial charge in [-0.3, -0.25) is 4.90 Å². The average Bonchev–Trinajstić information content (AvgIpc) is 3.15. The summed E-state index contributed by atoms with van der Waals surface area (Å²) in [6.07, 6.45) is 2.74. The van der Waals surface area contributed by atoms with E-state index in [1.54, 1.807) is 4.90 Å². The largest absolute Gasteiger partial charge is 0.444 e. The number of carbonyl (C=O) groups excluding carboxylic acids is 1. The van der Waals surface area contributed by atoms with Crippen LogP contribution in [0.25, 0.3) is 0 Å². The molecule has 0 spiro atoms. The van der Waals surface area contributed by atoms with Crippen LogP contribution < -0.4 is 5.32 Å². The van der Waals surface area contributed by atoms with E-state index in [1.807, 2.05) is 20.8 Å². The molecule has 5 heteroatoms. The molecule has 0 aromatic carbocycles. The lowest BCUT2D eigenvalue weighted by atomic mass is 10.1. The summed E-state index contributed by atoms with van der Waals surface area (Å²) in [6.45, 7) is 12.5. The Balaban J connectivity index is 2.02. The summed E-state index contributed by atoms with van der Waals surface area (Å²) in [7, 11) is 0. The lowest BCUT2D eigenvalue weighted by Crippen LogP contribution is -2.44. The molecule has 1 saturated heterocycles. The molecule has 2 fully saturated rings.